The van der Waals surface area contributed by atoms with Crippen LogP contribution in [0.1, 0.15) is 23.7 Å². The highest BCUT2D eigenvalue weighted by Crippen LogP contribution is 2.21. The van der Waals surface area contributed by atoms with Gasteiger partial charge in [0.15, 0.2) is 5.78 Å². The summed E-state index contributed by atoms with van der Waals surface area (Å²) in [5.74, 6) is 0.174. The van der Waals surface area contributed by atoms with Crippen molar-refractivity contribution >= 4 is 11.4 Å². The maximum atomic E-state index is 11.6. The molecule has 0 atom stereocenters. The molecule has 3 aromatic rings. The van der Waals surface area contributed by atoms with Gasteiger partial charge in [0.05, 0.1) is 5.69 Å². The average Bonchev–Trinajstić information content (AvgIpc) is 2.95. The van der Waals surface area contributed by atoms with Crippen molar-refractivity contribution in [2.45, 2.75) is 13.3 Å². The second-order valence-electron chi connectivity index (χ2n) is 4.42. The molecular weight excluding hydrogens is 236 g/mol. The van der Waals surface area contributed by atoms with Crippen LogP contribution in [0, 0.1) is 0 Å². The highest BCUT2D eigenvalue weighted by Gasteiger charge is 2.06. The first kappa shape index (κ1) is 11.7. The molecule has 0 aliphatic rings. The summed E-state index contributed by atoms with van der Waals surface area (Å²) in [5, 5.41) is 0. The minimum absolute atomic E-state index is 0.174. The van der Waals surface area contributed by atoms with Gasteiger partial charge < -0.3 is 0 Å². The highest BCUT2D eigenvalue weighted by molar-refractivity contribution is 5.96. The number of ketones is 1. The molecule has 0 aliphatic heterocycles. The van der Waals surface area contributed by atoms with Crippen molar-refractivity contribution in [2.24, 2.45) is 0 Å². The lowest BCUT2D eigenvalue weighted by Crippen LogP contribution is -1.96. The van der Waals surface area contributed by atoms with Gasteiger partial charge >= 0.3 is 0 Å². The molecule has 1 aromatic carbocycles. The Morgan fingerprint density at radius 1 is 1.16 bits per heavy atom. The summed E-state index contributed by atoms with van der Waals surface area (Å²) in [5.41, 5.74) is 3.84. The average molecular weight is 250 g/mol. The number of nitrogens with zero attached hydrogens (tertiary/aromatic N) is 2. The van der Waals surface area contributed by atoms with Crippen molar-refractivity contribution in [1.82, 2.24) is 9.38 Å². The minimum atomic E-state index is 0.174. The normalized spacial score (nSPS) is 10.8. The van der Waals surface area contributed by atoms with E-state index in [4.69, 9.17) is 0 Å². The lowest BCUT2D eigenvalue weighted by atomic mass is 10.0. The Bertz CT molecular complexity index is 726. The number of hydrogen-bond acceptors (Lipinski definition) is 2. The number of rotatable bonds is 3. The number of pyridine rings is 1. The SMILES string of the molecule is CCC(=O)c1ccc(-c2cccc3nccn23)cc1. The summed E-state index contributed by atoms with van der Waals surface area (Å²) < 4.78 is 2.04. The first-order valence-electron chi connectivity index (χ1n) is 6.35. The van der Waals surface area contributed by atoms with Gasteiger partial charge in [0.2, 0.25) is 0 Å². The second-order valence-corrected chi connectivity index (χ2v) is 4.42. The van der Waals surface area contributed by atoms with Gasteiger partial charge in [0, 0.05) is 24.4 Å². The maximum absolute atomic E-state index is 11.6. The van der Waals surface area contributed by atoms with E-state index in [2.05, 4.69) is 4.98 Å². The number of fused-ring (bicyclic) bond motifs is 1. The summed E-state index contributed by atoms with van der Waals surface area (Å²) in [6, 6.07) is 13.7. The van der Waals surface area contributed by atoms with E-state index in [9.17, 15) is 4.79 Å². The molecule has 3 rings (SSSR count). The molecule has 0 aliphatic carbocycles. The molecule has 3 heteroatoms. The minimum Gasteiger partial charge on any atom is -0.300 e. The third kappa shape index (κ3) is 2.03. The monoisotopic (exact) mass is 250 g/mol. The Morgan fingerprint density at radius 3 is 2.68 bits per heavy atom. The Labute approximate surface area is 111 Å². The van der Waals surface area contributed by atoms with Gasteiger partial charge in [-0.15, -0.1) is 0 Å². The number of aromatic nitrogens is 2. The summed E-state index contributed by atoms with van der Waals surface area (Å²) in [6.07, 6.45) is 4.26. The standard InChI is InChI=1S/C16H14N2O/c1-2-15(19)13-8-6-12(7-9-13)14-4-3-5-16-17-10-11-18(14)16/h3-11H,2H2,1H3. The molecule has 2 heterocycles. The summed E-state index contributed by atoms with van der Waals surface area (Å²) in [7, 11) is 0. The Kier molecular flexibility index (Phi) is 2.88. The molecule has 0 bridgehead atoms. The van der Waals surface area contributed by atoms with Crippen LogP contribution in [0.5, 0.6) is 0 Å². The molecule has 0 saturated heterocycles. The molecule has 2 aromatic heterocycles. The van der Waals surface area contributed by atoms with Crippen LogP contribution in [-0.2, 0) is 0 Å². The Hall–Kier alpha value is -2.42. The van der Waals surface area contributed by atoms with Crippen LogP contribution in [0.2, 0.25) is 0 Å². The topological polar surface area (TPSA) is 34.4 Å². The summed E-state index contributed by atoms with van der Waals surface area (Å²) in [6.45, 7) is 1.88. The first-order chi connectivity index (χ1) is 9.29. The van der Waals surface area contributed by atoms with Crippen LogP contribution in [0.3, 0.4) is 0 Å². The van der Waals surface area contributed by atoms with Crippen molar-refractivity contribution in [1.29, 1.82) is 0 Å². The lowest BCUT2D eigenvalue weighted by Gasteiger charge is -2.06. The van der Waals surface area contributed by atoms with E-state index in [1.807, 2.05) is 60.0 Å². The third-order valence-electron chi connectivity index (χ3n) is 3.25. The van der Waals surface area contributed by atoms with E-state index in [1.54, 1.807) is 6.20 Å². The number of Topliss-reactive ketones (excluding diaryl/α,β-unsaturated/α-hetero) is 1. The van der Waals surface area contributed by atoms with E-state index in [1.165, 1.54) is 0 Å². The van der Waals surface area contributed by atoms with Crippen molar-refractivity contribution < 1.29 is 4.79 Å². The molecule has 94 valence electrons. The van der Waals surface area contributed by atoms with Gasteiger partial charge in [0.1, 0.15) is 5.65 Å². The van der Waals surface area contributed by atoms with Crippen molar-refractivity contribution in [2.75, 3.05) is 0 Å². The lowest BCUT2D eigenvalue weighted by molar-refractivity contribution is 0.0988. The van der Waals surface area contributed by atoms with Gasteiger partial charge in [0.25, 0.3) is 0 Å². The second kappa shape index (κ2) is 4.69. The molecule has 19 heavy (non-hydrogen) atoms. The number of benzene rings is 1. The highest BCUT2D eigenvalue weighted by atomic mass is 16.1. The first-order valence-corrected chi connectivity index (χ1v) is 6.35. The van der Waals surface area contributed by atoms with E-state index in [0.29, 0.717) is 6.42 Å². The Morgan fingerprint density at radius 2 is 1.95 bits per heavy atom. The van der Waals surface area contributed by atoms with E-state index < -0.39 is 0 Å². The molecule has 3 nitrogen and oxygen atoms in total. The predicted octanol–water partition coefficient (Wildman–Crippen LogP) is 3.59. The largest absolute Gasteiger partial charge is 0.300 e. The van der Waals surface area contributed by atoms with E-state index in [0.717, 1.165) is 22.5 Å². The molecule has 0 saturated carbocycles. The maximum Gasteiger partial charge on any atom is 0.162 e. The fourth-order valence-electron chi connectivity index (χ4n) is 2.21. The zero-order valence-corrected chi connectivity index (χ0v) is 10.7. The van der Waals surface area contributed by atoms with Crippen LogP contribution >= 0.6 is 0 Å². The zero-order chi connectivity index (χ0) is 13.2. The van der Waals surface area contributed by atoms with Crippen LogP contribution < -0.4 is 0 Å². The molecule has 0 unspecified atom stereocenters. The summed E-state index contributed by atoms with van der Waals surface area (Å²) >= 11 is 0. The van der Waals surface area contributed by atoms with Gasteiger partial charge in [-0.2, -0.15) is 0 Å². The van der Waals surface area contributed by atoms with Gasteiger partial charge in [-0.1, -0.05) is 37.3 Å². The smallest absolute Gasteiger partial charge is 0.162 e. The van der Waals surface area contributed by atoms with Crippen LogP contribution in [0.25, 0.3) is 16.9 Å². The number of hydrogen-bond donors (Lipinski definition) is 0. The van der Waals surface area contributed by atoms with Crippen molar-refractivity contribution in [3.63, 3.8) is 0 Å². The van der Waals surface area contributed by atoms with Crippen molar-refractivity contribution in [3.05, 3.63) is 60.4 Å². The van der Waals surface area contributed by atoms with Crippen molar-refractivity contribution in [3.8, 4) is 11.3 Å². The fourth-order valence-corrected chi connectivity index (χ4v) is 2.21. The van der Waals surface area contributed by atoms with Gasteiger partial charge in [-0.3, -0.25) is 9.20 Å². The third-order valence-corrected chi connectivity index (χ3v) is 3.25. The van der Waals surface area contributed by atoms with Crippen LogP contribution in [0.4, 0.5) is 0 Å². The molecule has 0 radical (unpaired) electrons. The molecular formula is C16H14N2O. The number of imidazole rings is 1. The van der Waals surface area contributed by atoms with Gasteiger partial charge in [-0.25, -0.2) is 4.98 Å². The number of carbonyl (C=O) groups is 1. The zero-order valence-electron chi connectivity index (χ0n) is 10.7. The van der Waals surface area contributed by atoms with Gasteiger partial charge in [-0.05, 0) is 17.7 Å². The summed E-state index contributed by atoms with van der Waals surface area (Å²) in [4.78, 5) is 15.9. The molecule has 0 N–H and O–H groups in total. The quantitative estimate of drug-likeness (QED) is 0.666. The number of carbonyl (C=O) groups excluding carboxylic acids is 1. The fraction of sp³-hybridized carbons (Fsp3) is 0.125. The molecule has 0 spiro atoms. The molecule has 0 fully saturated rings. The predicted molar refractivity (Wildman–Crippen MR) is 75.2 cm³/mol. The van der Waals surface area contributed by atoms with E-state index in [-0.39, 0.29) is 5.78 Å². The van der Waals surface area contributed by atoms with Crippen LogP contribution in [0.15, 0.2) is 54.9 Å². The Balaban J connectivity index is 2.07. The van der Waals surface area contributed by atoms with E-state index >= 15 is 0 Å². The molecule has 0 amide bonds. The van der Waals surface area contributed by atoms with Crippen LogP contribution in [-0.4, -0.2) is 15.2 Å².